The molecule has 3 rings (SSSR count). The summed E-state index contributed by atoms with van der Waals surface area (Å²) in [6.07, 6.45) is 2.05. The first-order valence-corrected chi connectivity index (χ1v) is 9.71. The van der Waals surface area contributed by atoms with Gasteiger partial charge < -0.3 is 5.32 Å². The molecule has 0 bridgehead atoms. The molecule has 1 atom stereocenters. The minimum atomic E-state index is -0.861. The molecule has 1 N–H and O–H groups in total. The average molecular weight is 391 g/mol. The van der Waals surface area contributed by atoms with Crippen LogP contribution in [0.3, 0.4) is 0 Å². The molecule has 2 saturated heterocycles. The van der Waals surface area contributed by atoms with Crippen LogP contribution >= 0.6 is 0 Å². The van der Waals surface area contributed by atoms with E-state index in [1.54, 1.807) is 13.0 Å². The Morgan fingerprint density at radius 3 is 2.50 bits per heavy atom. The molecule has 0 aliphatic carbocycles. The van der Waals surface area contributed by atoms with Gasteiger partial charge in [-0.2, -0.15) is 0 Å². The van der Waals surface area contributed by atoms with E-state index in [2.05, 4.69) is 16.8 Å². The van der Waals surface area contributed by atoms with Crippen LogP contribution in [0.25, 0.3) is 0 Å². The van der Waals surface area contributed by atoms with E-state index in [1.165, 1.54) is 11.0 Å². The predicted octanol–water partition coefficient (Wildman–Crippen LogP) is 3.45. The van der Waals surface area contributed by atoms with E-state index in [4.69, 9.17) is 0 Å². The number of carbonyl (C=O) groups is 2. The Hall–Kier alpha value is -2.28. The maximum atomic E-state index is 13.4. The van der Waals surface area contributed by atoms with E-state index in [9.17, 15) is 18.4 Å². The van der Waals surface area contributed by atoms with E-state index in [-0.39, 0.29) is 24.4 Å². The zero-order valence-corrected chi connectivity index (χ0v) is 16.4. The van der Waals surface area contributed by atoms with Crippen molar-refractivity contribution in [1.82, 2.24) is 15.1 Å². The van der Waals surface area contributed by atoms with Gasteiger partial charge in [-0.25, -0.2) is 13.6 Å². The van der Waals surface area contributed by atoms with Gasteiger partial charge in [-0.15, -0.1) is 0 Å². The standard InChI is InChI=1S/C21H27F2N3O2/c1-4-21(19(27)26(12-14(2)3)20(28)24-21)16-7-9-25(10-8-16)13-15-5-6-17(22)18(23)11-15/h5-6,11,16H,2,4,7-10,12-13H2,1,3H3,(H,24,28). The van der Waals surface area contributed by atoms with Crippen LogP contribution in [0.2, 0.25) is 0 Å². The summed E-state index contributed by atoms with van der Waals surface area (Å²) in [5, 5.41) is 2.96. The van der Waals surface area contributed by atoms with Crippen molar-refractivity contribution in [3.8, 4) is 0 Å². The molecule has 0 aromatic heterocycles. The van der Waals surface area contributed by atoms with Gasteiger partial charge in [0.25, 0.3) is 5.91 Å². The quantitative estimate of drug-likeness (QED) is 0.597. The second-order valence-corrected chi connectivity index (χ2v) is 7.90. The summed E-state index contributed by atoms with van der Waals surface area (Å²) in [6, 6.07) is 3.62. The summed E-state index contributed by atoms with van der Waals surface area (Å²) in [4.78, 5) is 28.9. The molecule has 7 heteroatoms. The zero-order chi connectivity index (χ0) is 20.5. The molecule has 152 valence electrons. The van der Waals surface area contributed by atoms with Gasteiger partial charge in [-0.05, 0) is 62.9 Å². The summed E-state index contributed by atoms with van der Waals surface area (Å²) < 4.78 is 26.5. The number of nitrogens with one attached hydrogen (secondary N) is 1. The van der Waals surface area contributed by atoms with Crippen molar-refractivity contribution < 1.29 is 18.4 Å². The van der Waals surface area contributed by atoms with Crippen LogP contribution in [-0.2, 0) is 11.3 Å². The number of urea groups is 1. The lowest BCUT2D eigenvalue weighted by molar-refractivity contribution is -0.134. The minimum absolute atomic E-state index is 0.0466. The van der Waals surface area contributed by atoms with Crippen molar-refractivity contribution in [2.75, 3.05) is 19.6 Å². The summed E-state index contributed by atoms with van der Waals surface area (Å²) in [6.45, 7) is 9.76. The van der Waals surface area contributed by atoms with E-state index in [0.717, 1.165) is 43.1 Å². The van der Waals surface area contributed by atoms with Gasteiger partial charge in [0.15, 0.2) is 11.6 Å². The highest BCUT2D eigenvalue weighted by atomic mass is 19.2. The Kier molecular flexibility index (Phi) is 5.84. The van der Waals surface area contributed by atoms with Crippen LogP contribution in [0.5, 0.6) is 0 Å². The smallest absolute Gasteiger partial charge is 0.323 e. The van der Waals surface area contributed by atoms with Gasteiger partial charge >= 0.3 is 6.03 Å². The number of halogens is 2. The van der Waals surface area contributed by atoms with Crippen LogP contribution < -0.4 is 5.32 Å². The number of hydrogen-bond donors (Lipinski definition) is 1. The molecule has 0 radical (unpaired) electrons. The van der Waals surface area contributed by atoms with Gasteiger partial charge in [0.1, 0.15) is 5.54 Å². The minimum Gasteiger partial charge on any atom is -0.323 e. The highest BCUT2D eigenvalue weighted by Gasteiger charge is 2.54. The summed E-state index contributed by atoms with van der Waals surface area (Å²) in [7, 11) is 0. The number of benzene rings is 1. The lowest BCUT2D eigenvalue weighted by atomic mass is 9.75. The van der Waals surface area contributed by atoms with Crippen molar-refractivity contribution in [2.24, 2.45) is 5.92 Å². The highest BCUT2D eigenvalue weighted by molar-refractivity contribution is 6.07. The van der Waals surface area contributed by atoms with E-state index in [1.807, 2.05) is 6.92 Å². The van der Waals surface area contributed by atoms with Gasteiger partial charge in [0.05, 0.1) is 6.54 Å². The molecule has 0 spiro atoms. The third kappa shape index (κ3) is 3.81. The molecule has 3 amide bonds. The van der Waals surface area contributed by atoms with E-state index < -0.39 is 17.2 Å². The number of rotatable bonds is 6. The maximum absolute atomic E-state index is 13.4. The van der Waals surface area contributed by atoms with Crippen LogP contribution in [0.1, 0.15) is 38.7 Å². The molecule has 2 aliphatic rings. The number of amides is 3. The predicted molar refractivity (Wildman–Crippen MR) is 102 cm³/mol. The molecular formula is C21H27F2N3O2. The first-order valence-electron chi connectivity index (χ1n) is 9.71. The first kappa shape index (κ1) is 20.5. The molecule has 28 heavy (non-hydrogen) atoms. The second kappa shape index (κ2) is 7.99. The molecule has 0 saturated carbocycles. The molecule has 1 unspecified atom stereocenters. The summed E-state index contributed by atoms with van der Waals surface area (Å²) in [5.41, 5.74) is 0.623. The molecule has 2 heterocycles. The maximum Gasteiger partial charge on any atom is 0.325 e. The van der Waals surface area contributed by atoms with Crippen LogP contribution in [0.4, 0.5) is 13.6 Å². The fraction of sp³-hybridized carbons (Fsp3) is 0.524. The number of piperidine rings is 1. The van der Waals surface area contributed by atoms with Crippen LogP contribution in [0, 0.1) is 17.6 Å². The Labute approximate surface area is 164 Å². The third-order valence-electron chi connectivity index (χ3n) is 5.86. The molecule has 5 nitrogen and oxygen atoms in total. The Balaban J connectivity index is 1.65. The zero-order valence-electron chi connectivity index (χ0n) is 16.4. The Bertz CT molecular complexity index is 790. The number of nitrogens with zero attached hydrogens (tertiary/aromatic N) is 2. The summed E-state index contributed by atoms with van der Waals surface area (Å²) >= 11 is 0. The molecule has 2 aliphatic heterocycles. The number of likely N-dealkylation sites (tertiary alicyclic amines) is 1. The average Bonchev–Trinajstić information content (AvgIpc) is 2.90. The number of carbonyl (C=O) groups excluding carboxylic acids is 2. The molecule has 2 fully saturated rings. The van der Waals surface area contributed by atoms with Gasteiger partial charge in [0, 0.05) is 6.54 Å². The third-order valence-corrected chi connectivity index (χ3v) is 5.86. The van der Waals surface area contributed by atoms with Crippen molar-refractivity contribution in [3.05, 3.63) is 47.5 Å². The van der Waals surface area contributed by atoms with Gasteiger partial charge in [0.2, 0.25) is 0 Å². The second-order valence-electron chi connectivity index (χ2n) is 7.90. The number of hydrogen-bond acceptors (Lipinski definition) is 3. The lowest BCUT2D eigenvalue weighted by Crippen LogP contribution is -2.55. The van der Waals surface area contributed by atoms with Crippen LogP contribution in [-0.4, -0.2) is 46.9 Å². The van der Waals surface area contributed by atoms with Crippen molar-refractivity contribution in [1.29, 1.82) is 0 Å². The van der Waals surface area contributed by atoms with Crippen LogP contribution in [0.15, 0.2) is 30.4 Å². The fourth-order valence-electron chi connectivity index (χ4n) is 4.34. The number of imide groups is 1. The lowest BCUT2D eigenvalue weighted by Gasteiger charge is -2.40. The SMILES string of the molecule is C=C(C)CN1C(=O)NC(CC)(C2CCN(Cc3ccc(F)c(F)c3)CC2)C1=O. The summed E-state index contributed by atoms with van der Waals surface area (Å²) in [5.74, 6) is -1.80. The Morgan fingerprint density at radius 1 is 1.25 bits per heavy atom. The van der Waals surface area contributed by atoms with Crippen molar-refractivity contribution >= 4 is 11.9 Å². The molecule has 1 aromatic carbocycles. The van der Waals surface area contributed by atoms with Gasteiger partial charge in [-0.1, -0.05) is 25.1 Å². The Morgan fingerprint density at radius 2 is 1.93 bits per heavy atom. The van der Waals surface area contributed by atoms with Gasteiger partial charge in [-0.3, -0.25) is 14.6 Å². The first-order chi connectivity index (χ1) is 13.3. The van der Waals surface area contributed by atoms with Crippen molar-refractivity contribution in [3.63, 3.8) is 0 Å². The fourth-order valence-corrected chi connectivity index (χ4v) is 4.34. The van der Waals surface area contributed by atoms with E-state index >= 15 is 0 Å². The largest absolute Gasteiger partial charge is 0.325 e. The van der Waals surface area contributed by atoms with E-state index in [0.29, 0.717) is 13.0 Å². The van der Waals surface area contributed by atoms with Crippen molar-refractivity contribution in [2.45, 2.75) is 45.2 Å². The highest BCUT2D eigenvalue weighted by Crippen LogP contribution is 2.36. The topological polar surface area (TPSA) is 52.7 Å². The molecule has 1 aromatic rings. The monoisotopic (exact) mass is 391 g/mol. The molecular weight excluding hydrogens is 364 g/mol. The normalized spacial score (nSPS) is 23.9.